The number of ether oxygens (including phenoxy) is 1. The van der Waals surface area contributed by atoms with Gasteiger partial charge >= 0.3 is 0 Å². The molecular weight excluding hydrogens is 639 g/mol. The van der Waals surface area contributed by atoms with Crippen LogP contribution in [0.15, 0.2) is 70.6 Å². The van der Waals surface area contributed by atoms with Gasteiger partial charge in [-0.05, 0) is 61.2 Å². The van der Waals surface area contributed by atoms with Gasteiger partial charge in [0.2, 0.25) is 0 Å². The Hall–Kier alpha value is -4.91. The number of aromatic nitrogens is 4. The third-order valence-corrected chi connectivity index (χ3v) is 11.9. The zero-order valence-corrected chi connectivity index (χ0v) is 28.2. The molecule has 6 rings (SSSR count). The number of sulfonamides is 1. The third kappa shape index (κ3) is 6.02. The number of hydrogen-bond acceptors (Lipinski definition) is 10. The average molecular weight is 672 g/mol. The van der Waals surface area contributed by atoms with Gasteiger partial charge in [-0.15, -0.1) is 0 Å². The van der Waals surface area contributed by atoms with Crippen LogP contribution in [-0.2, 0) is 27.9 Å². The second kappa shape index (κ2) is 12.4. The molecule has 5 aromatic rings. The number of anilines is 1. The van der Waals surface area contributed by atoms with Crippen molar-refractivity contribution in [3.8, 4) is 17.5 Å². The van der Waals surface area contributed by atoms with E-state index in [0.29, 0.717) is 53.1 Å². The Kier molecular flexibility index (Phi) is 8.43. The quantitative estimate of drug-likeness (QED) is 0.0665. The number of hydrogen-bond donors (Lipinski definition) is 0. The molecule has 242 valence electrons. The van der Waals surface area contributed by atoms with E-state index in [-0.39, 0.29) is 12.4 Å². The van der Waals surface area contributed by atoms with Gasteiger partial charge in [-0.2, -0.15) is 10.4 Å². The van der Waals surface area contributed by atoms with Gasteiger partial charge in [0.05, 0.1) is 39.6 Å². The number of nitriles is 1. The van der Waals surface area contributed by atoms with E-state index in [4.69, 9.17) is 14.3 Å². The lowest BCUT2D eigenvalue weighted by Crippen LogP contribution is -2.35. The van der Waals surface area contributed by atoms with E-state index in [2.05, 4.69) is 35.7 Å². The van der Waals surface area contributed by atoms with Crippen molar-refractivity contribution in [3.63, 3.8) is 0 Å². The fourth-order valence-corrected chi connectivity index (χ4v) is 8.45. The van der Waals surface area contributed by atoms with Crippen molar-refractivity contribution >= 4 is 40.4 Å². The molecule has 3 aromatic heterocycles. The first-order valence-corrected chi connectivity index (χ1v) is 20.2. The fourth-order valence-electron chi connectivity index (χ4n) is 5.89. The van der Waals surface area contributed by atoms with Crippen molar-refractivity contribution in [1.29, 1.82) is 5.26 Å². The Morgan fingerprint density at radius 3 is 2.70 bits per heavy atom. The molecule has 0 saturated carbocycles. The van der Waals surface area contributed by atoms with Crippen molar-refractivity contribution < 1.29 is 22.5 Å². The van der Waals surface area contributed by atoms with Gasteiger partial charge in [-0.25, -0.2) is 18.1 Å². The number of oxazole rings is 1. The molecule has 0 radical (unpaired) electrons. The Bertz CT molecular complexity index is 2140. The van der Waals surface area contributed by atoms with Crippen LogP contribution in [-0.4, -0.2) is 47.8 Å². The van der Waals surface area contributed by atoms with E-state index in [0.717, 1.165) is 17.2 Å². The van der Waals surface area contributed by atoms with Crippen LogP contribution in [0.25, 0.3) is 22.4 Å². The van der Waals surface area contributed by atoms with Crippen LogP contribution in [0, 0.1) is 28.4 Å². The summed E-state index contributed by atoms with van der Waals surface area (Å²) in [5.74, 6) is 0.383. The molecule has 0 bridgehead atoms. The summed E-state index contributed by atoms with van der Waals surface area (Å²) >= 11 is 0. The van der Waals surface area contributed by atoms with Gasteiger partial charge < -0.3 is 9.15 Å². The monoisotopic (exact) mass is 671 g/mol. The van der Waals surface area contributed by atoms with Gasteiger partial charge in [0, 0.05) is 32.3 Å². The molecule has 1 aliphatic carbocycles. The minimum Gasteiger partial charge on any atom is -0.442 e. The number of nitrogens with zero attached hydrogens (tertiary/aromatic N) is 7. The SMILES string of the molecule is Cc1c(C#N)cnc2c1CCC2N(c1ccc2c(c1)c(-c1cnco1)nn2COCC[Si](C)(C)C)S(=O)(=O)c1ccccc1[N+](=O)[O-]. The van der Waals surface area contributed by atoms with Gasteiger partial charge in [0.1, 0.15) is 18.5 Å². The molecule has 0 spiro atoms. The lowest BCUT2D eigenvalue weighted by molar-refractivity contribution is -0.387. The summed E-state index contributed by atoms with van der Waals surface area (Å²) in [4.78, 5) is 19.5. The second-order valence-corrected chi connectivity index (χ2v) is 20.0. The molecular formula is C32H33N7O6SSi. The number of benzene rings is 2. The van der Waals surface area contributed by atoms with Crippen LogP contribution >= 0.6 is 0 Å². The van der Waals surface area contributed by atoms with Crippen molar-refractivity contribution in [1.82, 2.24) is 19.7 Å². The minimum atomic E-state index is -4.54. The number of rotatable bonds is 11. The maximum Gasteiger partial charge on any atom is 0.289 e. The highest BCUT2D eigenvalue weighted by atomic mass is 32.2. The van der Waals surface area contributed by atoms with Crippen LogP contribution < -0.4 is 4.31 Å². The number of para-hydroxylation sites is 1. The van der Waals surface area contributed by atoms with Crippen molar-refractivity contribution in [2.24, 2.45) is 0 Å². The van der Waals surface area contributed by atoms with E-state index in [9.17, 15) is 23.8 Å². The Morgan fingerprint density at radius 1 is 1.21 bits per heavy atom. The Labute approximate surface area is 272 Å². The highest BCUT2D eigenvalue weighted by Gasteiger charge is 2.41. The standard InChI is InChI=1S/C32H33N7O6SSi/c1-21-22(16-33)17-35-31-24(21)10-12-28(31)38(46(42,43)30-8-6-5-7-27(30)39(40)41)23-9-11-26-25(15-23)32(29-18-34-19-45-29)36-37(26)20-44-13-14-47(2,3)4/h5-9,11,15,17-19,28H,10,12-14,20H2,1-4H3. The van der Waals surface area contributed by atoms with Crippen LogP contribution in [0.4, 0.5) is 11.4 Å². The zero-order valence-electron chi connectivity index (χ0n) is 26.4. The molecule has 0 amide bonds. The summed E-state index contributed by atoms with van der Waals surface area (Å²) in [6, 6.07) is 12.7. The maximum absolute atomic E-state index is 14.6. The van der Waals surface area contributed by atoms with Crippen LogP contribution in [0.5, 0.6) is 0 Å². The van der Waals surface area contributed by atoms with E-state index >= 15 is 0 Å². The van der Waals surface area contributed by atoms with E-state index in [1.165, 1.54) is 47.4 Å². The lowest BCUT2D eigenvalue weighted by atomic mass is 10.0. The molecule has 47 heavy (non-hydrogen) atoms. The van der Waals surface area contributed by atoms with Crippen molar-refractivity contribution in [2.45, 2.75) is 63.1 Å². The topological polar surface area (TPSA) is 170 Å². The second-order valence-electron chi connectivity index (χ2n) is 12.6. The highest BCUT2D eigenvalue weighted by Crippen LogP contribution is 2.44. The number of fused-ring (bicyclic) bond motifs is 2. The van der Waals surface area contributed by atoms with Crippen molar-refractivity contribution in [2.75, 3.05) is 10.9 Å². The molecule has 0 N–H and O–H groups in total. The number of pyridine rings is 1. The van der Waals surface area contributed by atoms with Crippen LogP contribution in [0.2, 0.25) is 25.7 Å². The average Bonchev–Trinajstić information content (AvgIpc) is 3.79. The molecule has 1 unspecified atom stereocenters. The zero-order chi connectivity index (χ0) is 33.5. The first-order chi connectivity index (χ1) is 22.4. The summed E-state index contributed by atoms with van der Waals surface area (Å²) in [6.07, 6.45) is 5.10. The lowest BCUT2D eigenvalue weighted by Gasteiger charge is -2.30. The molecule has 0 saturated heterocycles. The minimum absolute atomic E-state index is 0.174. The maximum atomic E-state index is 14.6. The largest absolute Gasteiger partial charge is 0.442 e. The summed E-state index contributed by atoms with van der Waals surface area (Å²) in [7, 11) is -5.86. The van der Waals surface area contributed by atoms with Gasteiger partial charge in [0.15, 0.2) is 17.0 Å². The van der Waals surface area contributed by atoms with Gasteiger partial charge in [-0.1, -0.05) is 31.8 Å². The third-order valence-electron chi connectivity index (χ3n) is 8.35. The summed E-state index contributed by atoms with van der Waals surface area (Å²) in [5.41, 5.74) is 3.29. The van der Waals surface area contributed by atoms with Crippen molar-refractivity contribution in [3.05, 3.63) is 93.8 Å². The van der Waals surface area contributed by atoms with E-state index in [1.54, 1.807) is 22.9 Å². The summed E-state index contributed by atoms with van der Waals surface area (Å²) in [5, 5.41) is 26.9. The first kappa shape index (κ1) is 32.0. The predicted molar refractivity (Wildman–Crippen MR) is 177 cm³/mol. The fraction of sp³-hybridized carbons (Fsp3) is 0.312. The van der Waals surface area contributed by atoms with E-state index < -0.39 is 39.6 Å². The molecule has 3 heterocycles. The summed E-state index contributed by atoms with van der Waals surface area (Å²) < 4.78 is 43.8. The molecule has 1 aliphatic rings. The molecule has 15 heteroatoms. The Balaban J connectivity index is 1.52. The molecule has 0 fully saturated rings. The van der Waals surface area contributed by atoms with E-state index in [1.807, 2.05) is 6.92 Å². The highest BCUT2D eigenvalue weighted by molar-refractivity contribution is 7.93. The normalized spacial score (nSPS) is 14.7. The number of nitro benzene ring substituents is 1. The molecule has 0 aliphatic heterocycles. The summed E-state index contributed by atoms with van der Waals surface area (Å²) in [6.45, 7) is 9.39. The van der Waals surface area contributed by atoms with Gasteiger partial charge in [0.25, 0.3) is 15.7 Å². The van der Waals surface area contributed by atoms with Gasteiger partial charge in [-0.3, -0.25) is 19.4 Å². The smallest absolute Gasteiger partial charge is 0.289 e. The van der Waals surface area contributed by atoms with Crippen LogP contribution in [0.3, 0.4) is 0 Å². The van der Waals surface area contributed by atoms with Crippen LogP contribution in [0.1, 0.15) is 34.8 Å². The molecule has 2 aromatic carbocycles. The molecule has 1 atom stereocenters. The predicted octanol–water partition coefficient (Wildman–Crippen LogP) is 6.37. The Morgan fingerprint density at radius 2 is 2.00 bits per heavy atom. The first-order valence-electron chi connectivity index (χ1n) is 15.0. The number of nitro groups is 1. The molecule has 13 nitrogen and oxygen atoms in total.